The summed E-state index contributed by atoms with van der Waals surface area (Å²) in [4.78, 5) is 24.9. The van der Waals surface area contributed by atoms with Crippen LogP contribution >= 0.6 is 31.0 Å². The van der Waals surface area contributed by atoms with E-state index in [0.717, 1.165) is 12.1 Å². The largest absolute Gasteiger partial charge is 1.00 e. The number of phenols is 1. The van der Waals surface area contributed by atoms with Gasteiger partial charge in [0, 0.05) is 5.02 Å². The van der Waals surface area contributed by atoms with Crippen LogP contribution in [0.25, 0.3) is 0 Å². The minimum atomic E-state index is -5.39. The molecule has 0 atom stereocenters. The standard InChI is InChI=1S/C6H4Cl2O4S.3Na.H3O4P/c7-3-1-4(8)6(9)5(2-3)13(10,11)12;;;;1-5(2,3)4/h1-2,9H,(H,10,11,12);;;;(H3,1,2,3,4)/q;3*+1;/p-3. The Bertz CT molecular complexity index is 584. The van der Waals surface area contributed by atoms with Crippen LogP contribution in [0.3, 0.4) is 0 Å². The molecule has 0 radical (unpaired) electrons. The average Bonchev–Trinajstić information content (AvgIpc) is 2.06. The van der Waals surface area contributed by atoms with E-state index in [9.17, 15) is 8.42 Å². The van der Waals surface area contributed by atoms with Gasteiger partial charge in [-0.05, 0) is 12.1 Å². The predicted octanol–water partition coefficient (Wildman–Crippen LogP) is -9.87. The number of phosphoric acid groups is 1. The average molecular weight is 407 g/mol. The van der Waals surface area contributed by atoms with Gasteiger partial charge in [-0.2, -0.15) is 16.2 Å². The molecule has 0 amide bonds. The molecule has 0 spiro atoms. The molecule has 1 rings (SSSR count). The number of rotatable bonds is 1. The third-order valence-corrected chi connectivity index (χ3v) is 2.64. The molecule has 15 heteroatoms. The summed E-state index contributed by atoms with van der Waals surface area (Å²) in [6, 6.07) is 2.06. The van der Waals surface area contributed by atoms with E-state index >= 15 is 0 Å². The molecule has 21 heavy (non-hydrogen) atoms. The zero-order chi connectivity index (χ0) is 14.7. The third kappa shape index (κ3) is 15.9. The monoisotopic (exact) mass is 406 g/mol. The van der Waals surface area contributed by atoms with Crippen molar-refractivity contribution in [3.05, 3.63) is 22.2 Å². The Morgan fingerprint density at radius 3 is 1.67 bits per heavy atom. The fourth-order valence-electron chi connectivity index (χ4n) is 0.739. The normalized spacial score (nSPS) is 10.0. The van der Waals surface area contributed by atoms with Gasteiger partial charge >= 0.3 is 88.7 Å². The van der Waals surface area contributed by atoms with Crippen LogP contribution in [0.2, 0.25) is 10.0 Å². The van der Waals surface area contributed by atoms with Crippen molar-refractivity contribution in [3.63, 3.8) is 0 Å². The minimum Gasteiger partial charge on any atom is -0.822 e. The Labute approximate surface area is 197 Å². The van der Waals surface area contributed by atoms with E-state index in [1.54, 1.807) is 0 Å². The third-order valence-electron chi connectivity index (χ3n) is 1.27. The van der Waals surface area contributed by atoms with Gasteiger partial charge in [-0.3, -0.25) is 4.55 Å². The second kappa shape index (κ2) is 12.9. The molecule has 0 fully saturated rings. The SMILES string of the molecule is O=P([O-])([O-])[O-].O=S(=O)(O)c1cc(Cl)cc(Cl)c1O.[Na+].[Na+].[Na+]. The van der Waals surface area contributed by atoms with Crippen LogP contribution in [0.15, 0.2) is 17.0 Å². The maximum absolute atomic E-state index is 10.6. The fraction of sp³-hybridized carbons (Fsp3) is 0. The van der Waals surface area contributed by atoms with Crippen LogP contribution in [0, 0.1) is 0 Å². The molecule has 0 bridgehead atoms. The van der Waals surface area contributed by atoms with Crippen molar-refractivity contribution in [2.45, 2.75) is 4.90 Å². The van der Waals surface area contributed by atoms with E-state index in [0.29, 0.717) is 0 Å². The molecule has 8 nitrogen and oxygen atoms in total. The van der Waals surface area contributed by atoms with E-state index < -0.39 is 28.6 Å². The number of phenolic OH excluding ortho intramolecular Hbond substituents is 1. The summed E-state index contributed by atoms with van der Waals surface area (Å²) in [5, 5.41) is 8.90. The second-order valence-electron chi connectivity index (χ2n) is 2.66. The second-order valence-corrected chi connectivity index (χ2v) is 5.78. The molecular formula is C6H4Cl2Na3O8PS. The molecule has 0 aliphatic rings. The summed E-state index contributed by atoms with van der Waals surface area (Å²) in [7, 11) is -9.89. The summed E-state index contributed by atoms with van der Waals surface area (Å²) >= 11 is 10.9. The van der Waals surface area contributed by atoms with Crippen molar-refractivity contribution in [2.24, 2.45) is 0 Å². The summed E-state index contributed by atoms with van der Waals surface area (Å²) in [5.41, 5.74) is 0. The molecule has 2 N–H and O–H groups in total. The van der Waals surface area contributed by atoms with Crippen LogP contribution in [0.1, 0.15) is 0 Å². The minimum absolute atomic E-state index is 0. The quantitative estimate of drug-likeness (QED) is 0.264. The fourth-order valence-corrected chi connectivity index (χ4v) is 1.98. The van der Waals surface area contributed by atoms with Gasteiger partial charge in [-0.1, -0.05) is 23.2 Å². The van der Waals surface area contributed by atoms with Gasteiger partial charge in [-0.15, -0.1) is 0 Å². The summed E-state index contributed by atoms with van der Waals surface area (Å²) in [5.74, 6) is -0.714. The van der Waals surface area contributed by atoms with Crippen molar-refractivity contribution in [3.8, 4) is 5.75 Å². The van der Waals surface area contributed by atoms with Crippen molar-refractivity contribution in [1.29, 1.82) is 0 Å². The Kier molecular flexibility index (Phi) is 19.3. The van der Waals surface area contributed by atoms with Crippen LogP contribution in [-0.2, 0) is 14.7 Å². The van der Waals surface area contributed by atoms with Crippen LogP contribution < -0.4 is 103 Å². The number of halogens is 2. The van der Waals surface area contributed by atoms with E-state index in [1.165, 1.54) is 0 Å². The first-order chi connectivity index (χ1) is 7.82. The van der Waals surface area contributed by atoms with E-state index in [4.69, 9.17) is 52.1 Å². The molecule has 0 aliphatic heterocycles. The Morgan fingerprint density at radius 1 is 1.05 bits per heavy atom. The summed E-state index contributed by atoms with van der Waals surface area (Å²) in [6.07, 6.45) is 0. The molecule has 104 valence electrons. The van der Waals surface area contributed by atoms with Crippen molar-refractivity contribution < 1.29 is 126 Å². The molecule has 1 aromatic rings. The molecule has 0 aromatic heterocycles. The first kappa shape index (κ1) is 31.4. The molecule has 0 saturated heterocycles. The number of hydrogen-bond donors (Lipinski definition) is 2. The van der Waals surface area contributed by atoms with Gasteiger partial charge in [0.2, 0.25) is 0 Å². The topological polar surface area (TPSA) is 161 Å². The van der Waals surface area contributed by atoms with Gasteiger partial charge in [0.15, 0.2) is 5.75 Å². The van der Waals surface area contributed by atoms with Crippen molar-refractivity contribution in [1.82, 2.24) is 0 Å². The van der Waals surface area contributed by atoms with Crippen LogP contribution in [0.5, 0.6) is 5.75 Å². The Hall–Kier alpha value is 2.62. The zero-order valence-corrected chi connectivity index (χ0v) is 20.3. The number of aromatic hydroxyl groups is 1. The smallest absolute Gasteiger partial charge is 0.822 e. The van der Waals surface area contributed by atoms with Gasteiger partial charge in [0.1, 0.15) is 4.90 Å². The first-order valence-electron chi connectivity index (χ1n) is 3.71. The van der Waals surface area contributed by atoms with Crippen molar-refractivity contribution in [2.75, 3.05) is 0 Å². The zero-order valence-electron chi connectivity index (χ0n) is 11.1. The van der Waals surface area contributed by atoms with Gasteiger partial charge in [-0.25, -0.2) is 0 Å². The molecule has 0 unspecified atom stereocenters. The van der Waals surface area contributed by atoms with E-state index in [1.807, 2.05) is 0 Å². The maximum Gasteiger partial charge on any atom is 1.00 e. The van der Waals surface area contributed by atoms with E-state index in [2.05, 4.69) is 0 Å². The summed E-state index contributed by atoms with van der Waals surface area (Å²) < 4.78 is 38.4. The molecule has 0 aliphatic carbocycles. The number of hydrogen-bond acceptors (Lipinski definition) is 7. The van der Waals surface area contributed by atoms with Crippen LogP contribution in [0.4, 0.5) is 0 Å². The van der Waals surface area contributed by atoms with Gasteiger partial charge < -0.3 is 24.4 Å². The first-order valence-corrected chi connectivity index (χ1v) is 7.36. The van der Waals surface area contributed by atoms with Gasteiger partial charge in [0.05, 0.1) is 5.02 Å². The van der Waals surface area contributed by atoms with E-state index in [-0.39, 0.29) is 98.7 Å². The van der Waals surface area contributed by atoms with Gasteiger partial charge in [0.25, 0.3) is 10.1 Å². The van der Waals surface area contributed by atoms with Crippen LogP contribution in [-0.4, -0.2) is 18.1 Å². The van der Waals surface area contributed by atoms with Crippen molar-refractivity contribution >= 4 is 41.1 Å². The molecule has 0 saturated carbocycles. The molecule has 1 aromatic carbocycles. The summed E-state index contributed by atoms with van der Waals surface area (Å²) in [6.45, 7) is 0. The Morgan fingerprint density at radius 2 is 1.38 bits per heavy atom. The number of benzene rings is 1. The maximum atomic E-state index is 10.6. The molecular weight excluding hydrogens is 403 g/mol. The Balaban J connectivity index is -0.000000159. The predicted molar refractivity (Wildman–Crippen MR) is 55.5 cm³/mol. The molecule has 0 heterocycles.